The summed E-state index contributed by atoms with van der Waals surface area (Å²) in [6.45, 7) is 9.27. The summed E-state index contributed by atoms with van der Waals surface area (Å²) < 4.78 is 6.16. The number of imidazole rings is 1. The molecule has 2 unspecified atom stereocenters. The molecule has 1 aromatic heterocycles. The number of likely N-dealkylation sites (tertiary alicyclic amines) is 1. The Morgan fingerprint density at radius 2 is 1.61 bits per heavy atom. The van der Waals surface area contributed by atoms with Gasteiger partial charge in [0.15, 0.2) is 0 Å². The maximum atomic E-state index is 12.9. The number of aromatic amines is 1. The van der Waals surface area contributed by atoms with E-state index in [1.165, 1.54) is 0 Å². The molecule has 3 aromatic rings. The molecule has 2 aromatic carbocycles. The van der Waals surface area contributed by atoms with Crippen molar-refractivity contribution in [2.24, 2.45) is 22.7 Å². The molecule has 2 aliphatic carbocycles. The Kier molecular flexibility index (Phi) is 13.8. The van der Waals surface area contributed by atoms with Gasteiger partial charge in [0.25, 0.3) is 0 Å². The fraction of sp³-hybridized carbons (Fsp3) is 0.500. The summed E-state index contributed by atoms with van der Waals surface area (Å²) >= 11 is 0. The van der Waals surface area contributed by atoms with Crippen LogP contribution in [0.5, 0.6) is 11.5 Å². The first-order valence-electron chi connectivity index (χ1n) is 20.4. The maximum Gasteiger partial charge on any atom is 0.242 e. The smallest absolute Gasteiger partial charge is 0.242 e. The van der Waals surface area contributed by atoms with Crippen LogP contribution in [0.2, 0.25) is 0 Å². The first kappa shape index (κ1) is 40.4. The number of benzene rings is 2. The Bertz CT molecular complexity index is 1890. The van der Waals surface area contributed by atoms with E-state index in [1.807, 2.05) is 86.6 Å². The molecule has 2 saturated carbocycles. The second kappa shape index (κ2) is 19.1. The Balaban J connectivity index is 0.943. The highest BCUT2D eigenvalue weighted by Crippen LogP contribution is 2.30. The summed E-state index contributed by atoms with van der Waals surface area (Å²) in [5.74, 6) is 2.36. The number of allylic oxidation sites excluding steroid dienone is 1. The minimum atomic E-state index is -0.499. The number of nitrogens with one attached hydrogen (secondary N) is 4. The number of rotatable bonds is 19. The van der Waals surface area contributed by atoms with Crippen LogP contribution in [-0.4, -0.2) is 75.9 Å². The molecule has 6 rings (SSSR count). The fourth-order valence-corrected chi connectivity index (χ4v) is 6.99. The highest BCUT2D eigenvalue weighted by atomic mass is 16.5. The molecule has 0 spiro atoms. The van der Waals surface area contributed by atoms with E-state index in [2.05, 4.69) is 32.8 Å². The van der Waals surface area contributed by atoms with Gasteiger partial charge in [-0.05, 0) is 124 Å². The Morgan fingerprint density at radius 1 is 0.929 bits per heavy atom. The van der Waals surface area contributed by atoms with E-state index >= 15 is 0 Å². The van der Waals surface area contributed by atoms with Gasteiger partial charge >= 0.3 is 0 Å². The van der Waals surface area contributed by atoms with Gasteiger partial charge in [0, 0.05) is 43.3 Å². The molecule has 0 radical (unpaired) electrons. The Hall–Kier alpha value is -5.26. The van der Waals surface area contributed by atoms with Crippen LogP contribution >= 0.6 is 0 Å². The third-order valence-electron chi connectivity index (χ3n) is 10.8. The van der Waals surface area contributed by atoms with Gasteiger partial charge in [-0.2, -0.15) is 0 Å². The lowest BCUT2D eigenvalue weighted by molar-refractivity contribution is -0.133. The third-order valence-corrected chi connectivity index (χ3v) is 10.8. The molecule has 12 nitrogen and oxygen atoms in total. The number of hydrogen-bond donors (Lipinski definition) is 4. The van der Waals surface area contributed by atoms with Gasteiger partial charge in [0.2, 0.25) is 23.6 Å². The molecule has 2 atom stereocenters. The second-order valence-electron chi connectivity index (χ2n) is 15.7. The van der Waals surface area contributed by atoms with E-state index in [0.717, 1.165) is 110 Å². The van der Waals surface area contributed by atoms with Crippen molar-refractivity contribution in [3.63, 3.8) is 0 Å². The number of amides is 4. The first-order chi connectivity index (χ1) is 27.1. The molecule has 298 valence electrons. The highest BCUT2D eigenvalue weighted by molar-refractivity contribution is 5.94. The Labute approximate surface area is 330 Å². The molecule has 1 aliphatic heterocycles. The van der Waals surface area contributed by atoms with Crippen molar-refractivity contribution >= 4 is 34.9 Å². The number of unbranched alkanes of at least 4 members (excludes halogenated alkanes) is 1. The molecule has 1 saturated heterocycles. The zero-order chi connectivity index (χ0) is 39.6. The van der Waals surface area contributed by atoms with Crippen molar-refractivity contribution < 1.29 is 23.9 Å². The summed E-state index contributed by atoms with van der Waals surface area (Å²) in [4.78, 5) is 64.4. The molecule has 0 bridgehead atoms. The lowest BCUT2D eigenvalue weighted by atomic mass is 10.0. The maximum absolute atomic E-state index is 12.9. The summed E-state index contributed by atoms with van der Waals surface area (Å²) in [6.07, 6.45) is 12.5. The largest absolute Gasteiger partial charge is 0.457 e. The Morgan fingerprint density at radius 3 is 2.27 bits per heavy atom. The van der Waals surface area contributed by atoms with Crippen LogP contribution in [0.25, 0.3) is 16.8 Å². The first-order valence-corrected chi connectivity index (χ1v) is 20.4. The molecular weight excluding hydrogens is 707 g/mol. The molecule has 4 amide bonds. The normalized spacial score (nSPS) is 17.8. The third kappa shape index (κ3) is 11.2. The summed E-state index contributed by atoms with van der Waals surface area (Å²) in [7, 11) is 0. The minimum absolute atomic E-state index is 0.00850. The monoisotopic (exact) mass is 763 g/mol. The van der Waals surface area contributed by atoms with Gasteiger partial charge in [-0.25, -0.2) is 4.98 Å². The number of aliphatic imine (C=N–C) groups is 1. The summed E-state index contributed by atoms with van der Waals surface area (Å²) in [5.41, 5.74) is 4.98. The van der Waals surface area contributed by atoms with Gasteiger partial charge in [0.05, 0.1) is 24.5 Å². The van der Waals surface area contributed by atoms with Crippen LogP contribution < -0.4 is 20.7 Å². The standard InChI is InChI=1S/C44H57N7O5/c1-5-30(25-46-29(4)38-9-8-24-51(38)40(52)27-48-42(53)33-11-12-33)31-15-19-35(20-16-31)56-36-21-17-32(18-22-36)37-26-47-39(49-37)10-6-7-23-45-44(55)41(28(2)3)50-43(54)34-13-14-34/h15-22,25-26,28,33-34,38,41H,5-14,23-24,27H2,1-4H3,(H,45,55)(H,47,49)(H,48,53)(H,50,54)/b30-25+,46-29?. The number of carbonyl (C=O) groups is 4. The lowest BCUT2D eigenvalue weighted by Crippen LogP contribution is -2.50. The highest BCUT2D eigenvalue weighted by Gasteiger charge is 2.34. The van der Waals surface area contributed by atoms with Crippen LogP contribution in [0.1, 0.15) is 96.9 Å². The van der Waals surface area contributed by atoms with Crippen LogP contribution in [0.4, 0.5) is 0 Å². The van der Waals surface area contributed by atoms with Crippen molar-refractivity contribution in [2.45, 2.75) is 104 Å². The van der Waals surface area contributed by atoms with Crippen LogP contribution in [0.3, 0.4) is 0 Å². The van der Waals surface area contributed by atoms with E-state index < -0.39 is 6.04 Å². The number of aryl methyl sites for hydroxylation is 1. The van der Waals surface area contributed by atoms with E-state index in [4.69, 9.17) is 9.73 Å². The molecule has 4 N–H and O–H groups in total. The predicted octanol–water partition coefficient (Wildman–Crippen LogP) is 6.59. The SMILES string of the molecule is CC/C(=C\N=C(C)C1CCCN1C(=O)CNC(=O)C1CC1)c1ccc(Oc2ccc(-c3cnc(CCCCNC(=O)C(NC(=O)C4CC4)C(C)C)[nH]3)cc2)cc1. The molecular formula is C44H57N7O5. The van der Waals surface area contributed by atoms with Crippen molar-refractivity contribution in [1.29, 1.82) is 0 Å². The van der Waals surface area contributed by atoms with Crippen LogP contribution in [0.15, 0.2) is 65.9 Å². The molecule has 3 aliphatic rings. The number of H-pyrrole nitrogens is 1. The van der Waals surface area contributed by atoms with Crippen molar-refractivity contribution in [2.75, 3.05) is 19.6 Å². The van der Waals surface area contributed by atoms with Gasteiger partial charge in [-0.15, -0.1) is 0 Å². The zero-order valence-corrected chi connectivity index (χ0v) is 33.2. The van der Waals surface area contributed by atoms with E-state index in [-0.39, 0.29) is 54.0 Å². The average molecular weight is 764 g/mol. The van der Waals surface area contributed by atoms with Crippen LogP contribution in [-0.2, 0) is 25.6 Å². The van der Waals surface area contributed by atoms with E-state index in [1.54, 1.807) is 0 Å². The van der Waals surface area contributed by atoms with Crippen LogP contribution in [0, 0.1) is 17.8 Å². The summed E-state index contributed by atoms with van der Waals surface area (Å²) in [5, 5.41) is 8.70. The van der Waals surface area contributed by atoms with E-state index in [0.29, 0.717) is 13.1 Å². The fourth-order valence-electron chi connectivity index (χ4n) is 6.99. The van der Waals surface area contributed by atoms with Gasteiger partial charge in [-0.1, -0.05) is 32.9 Å². The number of nitrogens with zero attached hydrogens (tertiary/aromatic N) is 3. The molecule has 56 heavy (non-hydrogen) atoms. The topological polar surface area (TPSA) is 158 Å². The van der Waals surface area contributed by atoms with Crippen molar-refractivity contribution in [1.82, 2.24) is 30.8 Å². The molecule has 12 heteroatoms. The number of carbonyl (C=O) groups excluding carboxylic acids is 4. The van der Waals surface area contributed by atoms with E-state index in [9.17, 15) is 19.2 Å². The quantitative estimate of drug-likeness (QED) is 0.0798. The average Bonchev–Trinajstić information content (AvgIpc) is 4.14. The van der Waals surface area contributed by atoms with Gasteiger partial charge < -0.3 is 30.6 Å². The molecule has 3 fully saturated rings. The minimum Gasteiger partial charge on any atom is -0.457 e. The van der Waals surface area contributed by atoms with Gasteiger partial charge in [0.1, 0.15) is 23.4 Å². The molecule has 2 heterocycles. The van der Waals surface area contributed by atoms with Crippen molar-refractivity contribution in [3.05, 3.63) is 72.3 Å². The van der Waals surface area contributed by atoms with Crippen molar-refractivity contribution in [3.8, 4) is 22.8 Å². The predicted molar refractivity (Wildman–Crippen MR) is 218 cm³/mol. The lowest BCUT2D eigenvalue weighted by Gasteiger charge is -2.24. The number of ether oxygens (including phenoxy) is 1. The second-order valence-corrected chi connectivity index (χ2v) is 15.7. The zero-order valence-electron chi connectivity index (χ0n) is 33.2. The number of aromatic nitrogens is 2. The van der Waals surface area contributed by atoms with Gasteiger partial charge in [-0.3, -0.25) is 24.2 Å². The number of hydrogen-bond acceptors (Lipinski definition) is 7. The summed E-state index contributed by atoms with van der Waals surface area (Å²) in [6, 6.07) is 15.3.